The average Bonchev–Trinajstić information content (AvgIpc) is 3.07. The van der Waals surface area contributed by atoms with Gasteiger partial charge >= 0.3 is 12.1 Å². The van der Waals surface area contributed by atoms with Crippen LogP contribution in [0.1, 0.15) is 16.8 Å². The van der Waals surface area contributed by atoms with Gasteiger partial charge in [-0.3, -0.25) is 5.10 Å². The van der Waals surface area contributed by atoms with Gasteiger partial charge in [0.1, 0.15) is 5.56 Å². The lowest BCUT2D eigenvalue weighted by atomic mass is 10.3. The molecule has 0 bridgehead atoms. The molecule has 2 heterocycles. The first-order valence-electron chi connectivity index (χ1n) is 5.97. The number of aromatic carboxylic acids is 1. The Balaban J connectivity index is 2.16. The number of carboxylic acid groups (broad SMARTS) is 1. The van der Waals surface area contributed by atoms with E-state index >= 15 is 0 Å². The lowest BCUT2D eigenvalue weighted by molar-refractivity contribution is 0.0692. The second-order valence-corrected chi connectivity index (χ2v) is 6.28. The number of methoxy groups -OCH3 is 1. The van der Waals surface area contributed by atoms with Crippen molar-refractivity contribution >= 4 is 22.1 Å². The number of sulfonamides is 1. The molecular weight excluding hydrogens is 304 g/mol. The molecule has 1 fully saturated rings. The number of aromatic amines is 1. The maximum absolute atomic E-state index is 12.4. The zero-order valence-electron chi connectivity index (χ0n) is 11.1. The van der Waals surface area contributed by atoms with E-state index in [9.17, 15) is 18.0 Å². The van der Waals surface area contributed by atoms with Crippen molar-refractivity contribution in [1.29, 1.82) is 0 Å². The molecule has 0 saturated carbocycles. The van der Waals surface area contributed by atoms with Crippen molar-refractivity contribution in [3.63, 3.8) is 0 Å². The second kappa shape index (κ2) is 5.69. The first-order valence-corrected chi connectivity index (χ1v) is 7.41. The fourth-order valence-electron chi connectivity index (χ4n) is 2.04. The molecule has 1 aromatic heterocycles. The predicted octanol–water partition coefficient (Wildman–Crippen LogP) is -0.773. The van der Waals surface area contributed by atoms with Crippen molar-refractivity contribution < 1.29 is 27.9 Å². The molecule has 11 heteroatoms. The average molecular weight is 318 g/mol. The fourth-order valence-corrected chi connectivity index (χ4v) is 3.61. The lowest BCUT2D eigenvalue weighted by Gasteiger charge is -2.16. The highest BCUT2D eigenvalue weighted by atomic mass is 32.2. The van der Waals surface area contributed by atoms with Gasteiger partial charge in [0.25, 0.3) is 10.0 Å². The molecule has 1 amide bonds. The minimum Gasteiger partial charge on any atom is -0.478 e. The lowest BCUT2D eigenvalue weighted by Crippen LogP contribution is -2.38. The zero-order chi connectivity index (χ0) is 15.6. The summed E-state index contributed by atoms with van der Waals surface area (Å²) < 4.78 is 30.3. The summed E-state index contributed by atoms with van der Waals surface area (Å²) in [5.74, 6) is -1.38. The maximum atomic E-state index is 12.4. The van der Waals surface area contributed by atoms with Gasteiger partial charge in [0.05, 0.1) is 13.3 Å². The van der Waals surface area contributed by atoms with Crippen LogP contribution in [0.25, 0.3) is 0 Å². The Hall–Kier alpha value is -2.14. The molecule has 1 aliphatic rings. The smallest absolute Gasteiger partial charge is 0.407 e. The third-order valence-corrected chi connectivity index (χ3v) is 4.93. The number of nitrogens with zero attached hydrogens (tertiary/aromatic N) is 2. The van der Waals surface area contributed by atoms with Crippen LogP contribution in [-0.2, 0) is 14.8 Å². The topological polar surface area (TPSA) is 142 Å². The van der Waals surface area contributed by atoms with Gasteiger partial charge < -0.3 is 15.2 Å². The summed E-state index contributed by atoms with van der Waals surface area (Å²) in [4.78, 5) is 22.1. The van der Waals surface area contributed by atoms with E-state index in [1.54, 1.807) is 0 Å². The Bertz CT molecular complexity index is 654. The molecule has 10 nitrogen and oxygen atoms in total. The third-order valence-electron chi connectivity index (χ3n) is 3.09. The van der Waals surface area contributed by atoms with E-state index in [1.807, 2.05) is 0 Å². The van der Waals surface area contributed by atoms with Crippen LogP contribution >= 0.6 is 0 Å². The van der Waals surface area contributed by atoms with Gasteiger partial charge in [0.2, 0.25) is 0 Å². The van der Waals surface area contributed by atoms with Crippen LogP contribution in [0.4, 0.5) is 4.79 Å². The standard InChI is InChI=1S/C10H14N4O6S/c1-20-10(17)12-6-2-3-14(5-6)21(18,19)8-7(9(15)16)4-11-13-8/h4,6H,2-3,5H2,1H3,(H,11,13)(H,12,17)(H,15,16). The van der Waals surface area contributed by atoms with Crippen LogP contribution < -0.4 is 5.32 Å². The Morgan fingerprint density at radius 3 is 2.90 bits per heavy atom. The number of carbonyl (C=O) groups is 2. The van der Waals surface area contributed by atoms with Crippen molar-refractivity contribution in [3.05, 3.63) is 11.8 Å². The number of rotatable bonds is 4. The van der Waals surface area contributed by atoms with Crippen molar-refractivity contribution in [3.8, 4) is 0 Å². The van der Waals surface area contributed by atoms with Gasteiger partial charge in [-0.1, -0.05) is 0 Å². The number of aromatic nitrogens is 2. The number of H-pyrrole nitrogens is 1. The largest absolute Gasteiger partial charge is 0.478 e. The Morgan fingerprint density at radius 1 is 1.57 bits per heavy atom. The number of amides is 1. The van der Waals surface area contributed by atoms with Crippen LogP contribution in [0.5, 0.6) is 0 Å². The van der Waals surface area contributed by atoms with E-state index in [4.69, 9.17) is 5.11 Å². The highest BCUT2D eigenvalue weighted by Crippen LogP contribution is 2.22. The molecule has 0 radical (unpaired) electrons. The SMILES string of the molecule is COC(=O)NC1CCN(S(=O)(=O)c2[nH]ncc2C(=O)O)C1. The van der Waals surface area contributed by atoms with E-state index < -0.39 is 32.7 Å². The number of hydrogen-bond donors (Lipinski definition) is 3. The second-order valence-electron chi connectivity index (χ2n) is 4.40. The summed E-state index contributed by atoms with van der Waals surface area (Å²) in [5.41, 5.74) is -0.417. The molecule has 0 spiro atoms. The van der Waals surface area contributed by atoms with E-state index in [0.29, 0.717) is 6.42 Å². The Kier molecular flexibility index (Phi) is 4.14. The quantitative estimate of drug-likeness (QED) is 0.661. The molecule has 21 heavy (non-hydrogen) atoms. The van der Waals surface area contributed by atoms with Crippen LogP contribution in [0, 0.1) is 0 Å². The van der Waals surface area contributed by atoms with E-state index in [1.165, 1.54) is 7.11 Å². The number of hydrogen-bond acceptors (Lipinski definition) is 6. The van der Waals surface area contributed by atoms with Gasteiger partial charge in [0, 0.05) is 19.1 Å². The molecule has 0 aromatic carbocycles. The number of carboxylic acids is 1. The van der Waals surface area contributed by atoms with E-state index in [-0.39, 0.29) is 19.1 Å². The summed E-state index contributed by atoms with van der Waals surface area (Å²) in [6.07, 6.45) is 0.701. The van der Waals surface area contributed by atoms with Crippen molar-refractivity contribution in [2.24, 2.45) is 0 Å². The molecule has 1 aliphatic heterocycles. The van der Waals surface area contributed by atoms with Crippen LogP contribution in [0.3, 0.4) is 0 Å². The predicted molar refractivity (Wildman–Crippen MR) is 68.3 cm³/mol. The summed E-state index contributed by atoms with van der Waals surface area (Å²) >= 11 is 0. The van der Waals surface area contributed by atoms with E-state index in [2.05, 4.69) is 20.3 Å². The first-order chi connectivity index (χ1) is 9.86. The number of carbonyl (C=O) groups excluding carboxylic acids is 1. The van der Waals surface area contributed by atoms with E-state index in [0.717, 1.165) is 10.5 Å². The van der Waals surface area contributed by atoms with Gasteiger partial charge in [-0.25, -0.2) is 18.0 Å². The van der Waals surface area contributed by atoms with Gasteiger partial charge in [0.15, 0.2) is 5.03 Å². The maximum Gasteiger partial charge on any atom is 0.407 e. The molecule has 2 rings (SSSR count). The van der Waals surface area contributed by atoms with Crippen molar-refractivity contribution in [2.75, 3.05) is 20.2 Å². The first kappa shape index (κ1) is 15.3. The molecule has 1 saturated heterocycles. The highest BCUT2D eigenvalue weighted by molar-refractivity contribution is 7.89. The summed E-state index contributed by atoms with van der Waals surface area (Å²) in [5, 5.41) is 16.6. The Labute approximate surface area is 120 Å². The molecule has 3 N–H and O–H groups in total. The van der Waals surface area contributed by atoms with Gasteiger partial charge in [-0.15, -0.1) is 0 Å². The third kappa shape index (κ3) is 2.97. The number of ether oxygens (including phenoxy) is 1. The molecule has 1 atom stereocenters. The Morgan fingerprint density at radius 2 is 2.29 bits per heavy atom. The fraction of sp³-hybridized carbons (Fsp3) is 0.500. The number of alkyl carbamates (subject to hydrolysis) is 1. The number of nitrogens with one attached hydrogen (secondary N) is 2. The van der Waals surface area contributed by atoms with Crippen LogP contribution in [0.2, 0.25) is 0 Å². The van der Waals surface area contributed by atoms with Crippen molar-refractivity contribution in [1.82, 2.24) is 19.8 Å². The molecular formula is C10H14N4O6S. The zero-order valence-corrected chi connectivity index (χ0v) is 11.9. The highest BCUT2D eigenvalue weighted by Gasteiger charge is 2.36. The van der Waals surface area contributed by atoms with Gasteiger partial charge in [-0.2, -0.15) is 9.40 Å². The van der Waals surface area contributed by atoms with Crippen LogP contribution in [-0.4, -0.2) is 66.3 Å². The summed E-state index contributed by atoms with van der Waals surface area (Å²) in [6.45, 7) is 0.199. The van der Waals surface area contributed by atoms with Crippen molar-refractivity contribution in [2.45, 2.75) is 17.5 Å². The van der Waals surface area contributed by atoms with Crippen LogP contribution in [0.15, 0.2) is 11.2 Å². The molecule has 1 unspecified atom stereocenters. The minimum atomic E-state index is -4.00. The molecule has 1 aromatic rings. The molecule has 0 aliphatic carbocycles. The normalized spacial score (nSPS) is 19.4. The summed E-state index contributed by atoms with van der Waals surface area (Å²) in [6, 6.07) is -0.386. The molecule has 116 valence electrons. The van der Waals surface area contributed by atoms with Gasteiger partial charge in [-0.05, 0) is 6.42 Å². The monoisotopic (exact) mass is 318 g/mol. The summed E-state index contributed by atoms with van der Waals surface area (Å²) in [7, 11) is -2.79. The minimum absolute atomic E-state index is 0.0372.